The van der Waals surface area contributed by atoms with Gasteiger partial charge in [0.15, 0.2) is 5.82 Å². The molecule has 0 aliphatic rings. The summed E-state index contributed by atoms with van der Waals surface area (Å²) in [5, 5.41) is 3.34. The highest BCUT2D eigenvalue weighted by Gasteiger charge is 2.17. The summed E-state index contributed by atoms with van der Waals surface area (Å²) in [5.74, 6) is 1.31. The van der Waals surface area contributed by atoms with E-state index in [1.54, 1.807) is 13.2 Å². The molecule has 5 rings (SSSR count). The summed E-state index contributed by atoms with van der Waals surface area (Å²) >= 11 is 6.02. The van der Waals surface area contributed by atoms with Gasteiger partial charge in [-0.1, -0.05) is 17.7 Å². The van der Waals surface area contributed by atoms with Crippen LogP contribution in [-0.2, 0) is 13.0 Å². The maximum absolute atomic E-state index is 12.1. The van der Waals surface area contributed by atoms with Crippen LogP contribution in [0.1, 0.15) is 16.1 Å². The average molecular weight is 457 g/mol. The lowest BCUT2D eigenvalue weighted by Crippen LogP contribution is -2.17. The summed E-state index contributed by atoms with van der Waals surface area (Å²) in [5.41, 5.74) is 4.89. The zero-order valence-electron chi connectivity index (χ0n) is 17.9. The Bertz CT molecular complexity index is 1420. The molecule has 0 aliphatic heterocycles. The quantitative estimate of drug-likeness (QED) is 0.386. The van der Waals surface area contributed by atoms with Crippen molar-refractivity contribution in [2.75, 3.05) is 7.05 Å². The molecule has 0 spiro atoms. The van der Waals surface area contributed by atoms with Crippen LogP contribution in [0.4, 0.5) is 0 Å². The number of carbonyl (C=O) groups excluding carboxylic acids is 1. The van der Waals surface area contributed by atoms with Gasteiger partial charge in [-0.05, 0) is 54.6 Å². The molecule has 0 atom stereocenters. The molecular formula is C25H21ClN6O. The molecule has 0 aliphatic carbocycles. The predicted molar refractivity (Wildman–Crippen MR) is 129 cm³/mol. The SMILES string of the molecule is CNC(=O)c1ccc2c(c1)nc(-c1c[nH]c(-c3ccc(Cl)cc3)n1)n2CCc1ccccn1. The molecule has 8 heteroatoms. The number of amides is 1. The second-order valence-electron chi connectivity index (χ2n) is 7.58. The fourth-order valence-corrected chi connectivity index (χ4v) is 3.93. The van der Waals surface area contributed by atoms with Gasteiger partial charge in [0.2, 0.25) is 0 Å². The Morgan fingerprint density at radius 2 is 1.94 bits per heavy atom. The Hall–Kier alpha value is -3.97. The van der Waals surface area contributed by atoms with E-state index in [0.29, 0.717) is 17.1 Å². The minimum Gasteiger partial charge on any atom is -0.355 e. The van der Waals surface area contributed by atoms with Crippen LogP contribution < -0.4 is 5.32 Å². The maximum Gasteiger partial charge on any atom is 0.251 e. The number of aromatic nitrogens is 5. The summed E-state index contributed by atoms with van der Waals surface area (Å²) in [7, 11) is 1.62. The highest BCUT2D eigenvalue weighted by atomic mass is 35.5. The number of pyridine rings is 1. The minimum absolute atomic E-state index is 0.147. The highest BCUT2D eigenvalue weighted by Crippen LogP contribution is 2.27. The van der Waals surface area contributed by atoms with Crippen molar-refractivity contribution >= 4 is 28.5 Å². The Balaban J connectivity index is 1.57. The van der Waals surface area contributed by atoms with Crippen LogP contribution in [-0.4, -0.2) is 37.5 Å². The molecule has 1 amide bonds. The van der Waals surface area contributed by atoms with Gasteiger partial charge < -0.3 is 14.9 Å². The topological polar surface area (TPSA) is 88.5 Å². The third-order valence-electron chi connectivity index (χ3n) is 5.48. The molecule has 164 valence electrons. The molecule has 2 N–H and O–H groups in total. The number of carbonyl (C=O) groups is 1. The zero-order valence-corrected chi connectivity index (χ0v) is 18.7. The maximum atomic E-state index is 12.1. The van der Waals surface area contributed by atoms with E-state index in [0.717, 1.165) is 46.1 Å². The lowest BCUT2D eigenvalue weighted by atomic mass is 10.2. The second-order valence-corrected chi connectivity index (χ2v) is 8.02. The van der Waals surface area contributed by atoms with E-state index < -0.39 is 0 Å². The van der Waals surface area contributed by atoms with E-state index in [9.17, 15) is 4.79 Å². The van der Waals surface area contributed by atoms with Crippen LogP contribution in [0.5, 0.6) is 0 Å². The van der Waals surface area contributed by atoms with Crippen molar-refractivity contribution in [3.63, 3.8) is 0 Å². The molecule has 0 fully saturated rings. The van der Waals surface area contributed by atoms with Crippen LogP contribution in [0.15, 0.2) is 73.1 Å². The molecule has 3 aromatic heterocycles. The Morgan fingerprint density at radius 1 is 1.09 bits per heavy atom. The van der Waals surface area contributed by atoms with E-state index in [-0.39, 0.29) is 5.91 Å². The fraction of sp³-hybridized carbons (Fsp3) is 0.120. The minimum atomic E-state index is -0.147. The first-order chi connectivity index (χ1) is 16.1. The molecule has 2 aromatic carbocycles. The number of H-pyrrole nitrogens is 1. The van der Waals surface area contributed by atoms with Crippen molar-refractivity contribution in [3.05, 3.63) is 89.3 Å². The summed E-state index contributed by atoms with van der Waals surface area (Å²) < 4.78 is 2.12. The van der Waals surface area contributed by atoms with Crippen molar-refractivity contribution in [2.24, 2.45) is 0 Å². The smallest absolute Gasteiger partial charge is 0.251 e. The molecule has 0 unspecified atom stereocenters. The van der Waals surface area contributed by atoms with Gasteiger partial charge in [-0.25, -0.2) is 9.97 Å². The molecule has 0 saturated heterocycles. The molecule has 0 radical (unpaired) electrons. The predicted octanol–water partition coefficient (Wildman–Crippen LogP) is 4.74. The van der Waals surface area contributed by atoms with Crippen LogP contribution >= 0.6 is 11.6 Å². The highest BCUT2D eigenvalue weighted by molar-refractivity contribution is 6.30. The van der Waals surface area contributed by atoms with Gasteiger partial charge in [-0.3, -0.25) is 9.78 Å². The van der Waals surface area contributed by atoms with Gasteiger partial charge in [-0.15, -0.1) is 0 Å². The number of aryl methyl sites for hydroxylation is 2. The summed E-state index contributed by atoms with van der Waals surface area (Å²) in [6, 6.07) is 19.0. The summed E-state index contributed by atoms with van der Waals surface area (Å²) in [6.07, 6.45) is 4.39. The average Bonchev–Trinajstić information content (AvgIpc) is 3.48. The van der Waals surface area contributed by atoms with E-state index in [4.69, 9.17) is 21.6 Å². The largest absolute Gasteiger partial charge is 0.355 e. The van der Waals surface area contributed by atoms with Gasteiger partial charge in [-0.2, -0.15) is 0 Å². The normalized spacial score (nSPS) is 11.1. The molecule has 3 heterocycles. The van der Waals surface area contributed by atoms with E-state index in [1.165, 1.54) is 0 Å². The molecule has 33 heavy (non-hydrogen) atoms. The fourth-order valence-electron chi connectivity index (χ4n) is 3.80. The van der Waals surface area contributed by atoms with E-state index in [2.05, 4.69) is 19.9 Å². The molecular weight excluding hydrogens is 436 g/mol. The summed E-state index contributed by atoms with van der Waals surface area (Å²) in [6.45, 7) is 0.672. The first kappa shape index (κ1) is 20.9. The number of hydrogen-bond donors (Lipinski definition) is 2. The van der Waals surface area contributed by atoms with Crippen LogP contribution in [0.25, 0.3) is 33.9 Å². The van der Waals surface area contributed by atoms with Crippen molar-refractivity contribution in [2.45, 2.75) is 13.0 Å². The lowest BCUT2D eigenvalue weighted by molar-refractivity contribution is 0.0963. The third kappa shape index (κ3) is 4.23. The number of benzene rings is 2. The van der Waals surface area contributed by atoms with Crippen molar-refractivity contribution < 1.29 is 4.79 Å². The first-order valence-corrected chi connectivity index (χ1v) is 10.9. The Labute approximate surface area is 195 Å². The van der Waals surface area contributed by atoms with Gasteiger partial charge in [0, 0.05) is 54.3 Å². The number of rotatable bonds is 6. The van der Waals surface area contributed by atoms with Crippen molar-refractivity contribution in [1.82, 2.24) is 29.8 Å². The Morgan fingerprint density at radius 3 is 2.70 bits per heavy atom. The lowest BCUT2D eigenvalue weighted by Gasteiger charge is -2.08. The van der Waals surface area contributed by atoms with Crippen molar-refractivity contribution in [3.8, 4) is 22.9 Å². The third-order valence-corrected chi connectivity index (χ3v) is 5.73. The standard InChI is InChI=1S/C25H21ClN6O/c1-27-25(33)17-7-10-22-20(14-17)31-24(32(22)13-11-19-4-2-3-12-28-19)21-15-29-23(30-21)16-5-8-18(26)9-6-16/h2-10,12,14-15H,11,13H2,1H3,(H,27,33)(H,29,30). The van der Waals surface area contributed by atoms with Gasteiger partial charge in [0.25, 0.3) is 5.91 Å². The van der Waals surface area contributed by atoms with E-state index in [1.807, 2.05) is 66.9 Å². The Kier molecular flexibility index (Phi) is 5.62. The number of imidazole rings is 2. The number of aromatic amines is 1. The van der Waals surface area contributed by atoms with E-state index >= 15 is 0 Å². The van der Waals surface area contributed by atoms with Gasteiger partial charge in [0.05, 0.1) is 11.0 Å². The van der Waals surface area contributed by atoms with Crippen LogP contribution in [0.2, 0.25) is 5.02 Å². The van der Waals surface area contributed by atoms with Crippen molar-refractivity contribution in [1.29, 1.82) is 0 Å². The number of halogens is 1. The number of nitrogens with zero attached hydrogens (tertiary/aromatic N) is 4. The molecule has 0 bridgehead atoms. The molecule has 5 aromatic rings. The van der Waals surface area contributed by atoms with Crippen LogP contribution in [0.3, 0.4) is 0 Å². The monoisotopic (exact) mass is 456 g/mol. The number of hydrogen-bond acceptors (Lipinski definition) is 4. The summed E-state index contributed by atoms with van der Waals surface area (Å²) in [4.78, 5) is 29.5. The first-order valence-electron chi connectivity index (χ1n) is 10.6. The second kappa shape index (κ2) is 8.88. The number of fused-ring (bicyclic) bond motifs is 1. The van der Waals surface area contributed by atoms with Crippen LogP contribution in [0, 0.1) is 0 Å². The molecule has 7 nitrogen and oxygen atoms in total. The zero-order chi connectivity index (χ0) is 22.8. The molecule has 0 saturated carbocycles. The van der Waals surface area contributed by atoms with Gasteiger partial charge >= 0.3 is 0 Å². The number of nitrogens with one attached hydrogen (secondary N) is 2. The van der Waals surface area contributed by atoms with Gasteiger partial charge in [0.1, 0.15) is 11.5 Å².